The van der Waals surface area contributed by atoms with Gasteiger partial charge in [-0.2, -0.15) is 0 Å². The molecule has 2 amide bonds. The third-order valence-electron chi connectivity index (χ3n) is 2.94. The predicted molar refractivity (Wildman–Crippen MR) is 76.4 cm³/mol. The van der Waals surface area contributed by atoms with Gasteiger partial charge in [0.25, 0.3) is 0 Å². The topological polar surface area (TPSA) is 57.6 Å². The zero-order chi connectivity index (χ0) is 14.5. The average molecular weight is 292 g/mol. The first kappa shape index (κ1) is 14.6. The fourth-order valence-corrected chi connectivity index (χ4v) is 2.21. The third-order valence-corrected chi connectivity index (χ3v) is 3.17. The Balaban J connectivity index is 2.42. The molecule has 1 heterocycles. The highest BCUT2D eigenvalue weighted by Crippen LogP contribution is 2.27. The Morgan fingerprint density at radius 2 is 1.95 bits per heavy atom. The molecule has 1 aliphatic heterocycles. The van der Waals surface area contributed by atoms with Crippen molar-refractivity contribution in [1.29, 1.82) is 0 Å². The van der Waals surface area contributed by atoms with Crippen molar-refractivity contribution < 1.29 is 14.7 Å². The van der Waals surface area contributed by atoms with Crippen molar-refractivity contribution in [2.24, 2.45) is 0 Å². The molecule has 1 N–H and O–H groups in total. The predicted octanol–water partition coefficient (Wildman–Crippen LogP) is 2.12. The maximum Gasteiger partial charge on any atom is 0.233 e. The molecule has 1 aliphatic rings. The van der Waals surface area contributed by atoms with Crippen molar-refractivity contribution in [1.82, 2.24) is 0 Å². The number of halogens is 1. The molecule has 4 nitrogen and oxygen atoms in total. The SMILES string of the molecule is O=C1CCCC(=O)N1c1ccc(Cl)cc1C#CCCO. The van der Waals surface area contributed by atoms with Crippen LogP contribution in [0.5, 0.6) is 0 Å². The van der Waals surface area contributed by atoms with Gasteiger partial charge in [0.2, 0.25) is 11.8 Å². The maximum atomic E-state index is 12.0. The fraction of sp³-hybridized carbons (Fsp3) is 0.333. The highest BCUT2D eigenvalue weighted by molar-refractivity contribution is 6.31. The zero-order valence-electron chi connectivity index (χ0n) is 10.9. The summed E-state index contributed by atoms with van der Waals surface area (Å²) < 4.78 is 0. The number of nitrogens with zero attached hydrogens (tertiary/aromatic N) is 1. The smallest absolute Gasteiger partial charge is 0.233 e. The second-order valence-electron chi connectivity index (χ2n) is 4.41. The first-order chi connectivity index (χ1) is 9.63. The molecule has 1 saturated heterocycles. The van der Waals surface area contributed by atoms with Crippen LogP contribution in [0.2, 0.25) is 5.02 Å². The molecule has 5 heteroatoms. The summed E-state index contributed by atoms with van der Waals surface area (Å²) in [6.07, 6.45) is 1.64. The van der Waals surface area contributed by atoms with Crippen molar-refractivity contribution in [2.75, 3.05) is 11.5 Å². The minimum absolute atomic E-state index is 0.0372. The first-order valence-electron chi connectivity index (χ1n) is 6.38. The lowest BCUT2D eigenvalue weighted by atomic mass is 10.1. The van der Waals surface area contributed by atoms with Gasteiger partial charge < -0.3 is 5.11 Å². The molecule has 1 aromatic rings. The van der Waals surface area contributed by atoms with Gasteiger partial charge >= 0.3 is 0 Å². The van der Waals surface area contributed by atoms with Gasteiger partial charge in [-0.25, -0.2) is 4.90 Å². The summed E-state index contributed by atoms with van der Waals surface area (Å²) in [4.78, 5) is 25.1. The average Bonchev–Trinajstić information content (AvgIpc) is 2.41. The monoisotopic (exact) mass is 291 g/mol. The largest absolute Gasteiger partial charge is 0.395 e. The van der Waals surface area contributed by atoms with Crippen LogP contribution in [0.25, 0.3) is 0 Å². The van der Waals surface area contributed by atoms with Gasteiger partial charge in [0, 0.05) is 24.3 Å². The number of aliphatic hydroxyl groups excluding tert-OH is 1. The van der Waals surface area contributed by atoms with E-state index in [4.69, 9.17) is 16.7 Å². The number of aliphatic hydroxyl groups is 1. The molecule has 2 rings (SSSR count). The summed E-state index contributed by atoms with van der Waals surface area (Å²) in [5.41, 5.74) is 0.990. The zero-order valence-corrected chi connectivity index (χ0v) is 11.6. The van der Waals surface area contributed by atoms with Crippen molar-refractivity contribution in [3.05, 3.63) is 28.8 Å². The van der Waals surface area contributed by atoms with E-state index in [1.54, 1.807) is 18.2 Å². The van der Waals surface area contributed by atoms with E-state index in [2.05, 4.69) is 11.8 Å². The number of amides is 2. The normalized spacial score (nSPS) is 15.0. The number of anilines is 1. The van der Waals surface area contributed by atoms with Gasteiger partial charge in [0.05, 0.1) is 17.9 Å². The summed E-state index contributed by atoms with van der Waals surface area (Å²) in [5.74, 6) is 5.20. The minimum atomic E-state index is -0.214. The van der Waals surface area contributed by atoms with Crippen LogP contribution in [-0.4, -0.2) is 23.5 Å². The van der Waals surface area contributed by atoms with Gasteiger partial charge in [0.15, 0.2) is 0 Å². The molecule has 0 spiro atoms. The number of imide groups is 1. The van der Waals surface area contributed by atoms with Gasteiger partial charge in [-0.15, -0.1) is 0 Å². The number of rotatable bonds is 2. The summed E-state index contributed by atoms with van der Waals surface area (Å²) in [6, 6.07) is 4.88. The van der Waals surface area contributed by atoms with E-state index in [-0.39, 0.29) is 18.4 Å². The van der Waals surface area contributed by atoms with E-state index in [0.717, 1.165) is 0 Å². The highest BCUT2D eigenvalue weighted by atomic mass is 35.5. The van der Waals surface area contributed by atoms with Gasteiger partial charge in [-0.3, -0.25) is 9.59 Å². The van der Waals surface area contributed by atoms with Crippen LogP contribution in [0.3, 0.4) is 0 Å². The summed E-state index contributed by atoms with van der Waals surface area (Å²) in [6.45, 7) is -0.0372. The number of hydrogen-bond acceptors (Lipinski definition) is 3. The second-order valence-corrected chi connectivity index (χ2v) is 4.85. The highest BCUT2D eigenvalue weighted by Gasteiger charge is 2.28. The molecule has 0 unspecified atom stereocenters. The number of piperidine rings is 1. The van der Waals surface area contributed by atoms with Crippen LogP contribution in [-0.2, 0) is 9.59 Å². The number of hydrogen-bond donors (Lipinski definition) is 1. The standard InChI is InChI=1S/C15H14ClNO3/c16-12-7-8-13(11(10-12)4-1-2-9-18)17-14(19)5-3-6-15(17)20/h7-8,10,18H,2-3,5-6,9H2. The van der Waals surface area contributed by atoms with Crippen LogP contribution in [0, 0.1) is 11.8 Å². The Kier molecular flexibility index (Phi) is 4.78. The third kappa shape index (κ3) is 3.19. The van der Waals surface area contributed by atoms with E-state index in [1.807, 2.05) is 0 Å². The molecule has 0 radical (unpaired) electrons. The molecule has 20 heavy (non-hydrogen) atoms. The van der Waals surface area contributed by atoms with Crippen LogP contribution in [0.1, 0.15) is 31.2 Å². The molecular weight excluding hydrogens is 278 g/mol. The molecular formula is C15H14ClNO3. The van der Waals surface area contributed by atoms with Crippen LogP contribution in [0.4, 0.5) is 5.69 Å². The molecule has 0 bridgehead atoms. The lowest BCUT2D eigenvalue weighted by Gasteiger charge is -2.25. The molecule has 0 aliphatic carbocycles. The Morgan fingerprint density at radius 3 is 2.60 bits per heavy atom. The molecule has 1 aromatic carbocycles. The first-order valence-corrected chi connectivity index (χ1v) is 6.76. The Morgan fingerprint density at radius 1 is 1.25 bits per heavy atom. The Hall–Kier alpha value is -1.83. The molecule has 0 aromatic heterocycles. The van der Waals surface area contributed by atoms with E-state index in [9.17, 15) is 9.59 Å². The van der Waals surface area contributed by atoms with Gasteiger partial charge in [0.1, 0.15) is 0 Å². The number of carbonyl (C=O) groups excluding carboxylic acids is 2. The van der Waals surface area contributed by atoms with Gasteiger partial charge in [-0.05, 0) is 24.6 Å². The molecule has 1 fully saturated rings. The Labute approximate surface area is 122 Å². The summed E-state index contributed by atoms with van der Waals surface area (Å²) in [7, 11) is 0. The minimum Gasteiger partial charge on any atom is -0.395 e. The van der Waals surface area contributed by atoms with Crippen molar-refractivity contribution in [2.45, 2.75) is 25.7 Å². The van der Waals surface area contributed by atoms with Crippen molar-refractivity contribution in [3.63, 3.8) is 0 Å². The molecule has 0 saturated carbocycles. The lowest BCUT2D eigenvalue weighted by molar-refractivity contribution is -0.129. The fourth-order valence-electron chi connectivity index (χ4n) is 2.04. The van der Waals surface area contributed by atoms with E-state index in [0.29, 0.717) is 42.0 Å². The van der Waals surface area contributed by atoms with E-state index in [1.165, 1.54) is 4.90 Å². The molecule has 104 valence electrons. The van der Waals surface area contributed by atoms with Crippen molar-refractivity contribution in [3.8, 4) is 11.8 Å². The van der Waals surface area contributed by atoms with Crippen molar-refractivity contribution >= 4 is 29.1 Å². The van der Waals surface area contributed by atoms with E-state index < -0.39 is 0 Å². The maximum absolute atomic E-state index is 12.0. The van der Waals surface area contributed by atoms with Gasteiger partial charge in [-0.1, -0.05) is 23.4 Å². The number of carbonyl (C=O) groups is 2. The van der Waals surface area contributed by atoms with Crippen LogP contribution >= 0.6 is 11.6 Å². The Bertz CT molecular complexity index is 585. The van der Waals surface area contributed by atoms with E-state index >= 15 is 0 Å². The van der Waals surface area contributed by atoms with Crippen LogP contribution < -0.4 is 4.90 Å². The second kappa shape index (κ2) is 6.56. The lowest BCUT2D eigenvalue weighted by Crippen LogP contribution is -2.40. The molecule has 0 atom stereocenters. The summed E-state index contributed by atoms with van der Waals surface area (Å²) >= 11 is 5.94. The number of benzene rings is 1. The quantitative estimate of drug-likeness (QED) is 0.671. The van der Waals surface area contributed by atoms with Crippen LogP contribution in [0.15, 0.2) is 18.2 Å². The summed E-state index contributed by atoms with van der Waals surface area (Å²) in [5, 5.41) is 9.24.